The predicted molar refractivity (Wildman–Crippen MR) is 48.3 cm³/mol. The molecule has 0 bridgehead atoms. The van der Waals surface area contributed by atoms with Gasteiger partial charge in [-0.2, -0.15) is 0 Å². The normalized spacial score (nSPS) is 11.8. The number of ether oxygens (including phenoxy) is 1. The van der Waals surface area contributed by atoms with Gasteiger partial charge in [-0.1, -0.05) is 19.8 Å². The highest BCUT2D eigenvalue weighted by molar-refractivity contribution is 7.89. The highest BCUT2D eigenvalue weighted by atomic mass is 32.2. The number of primary sulfonamides is 1. The minimum atomic E-state index is -3.34. The lowest BCUT2D eigenvalue weighted by molar-refractivity contribution is 0.144. The van der Waals surface area contributed by atoms with Crippen molar-refractivity contribution in [1.29, 1.82) is 0 Å². The Bertz CT molecular complexity index is 189. The van der Waals surface area contributed by atoms with Crippen LogP contribution in [0.3, 0.4) is 0 Å². The SMILES string of the molecule is CCCCCOCCS(N)(=O)=O. The predicted octanol–water partition coefficient (Wildman–Crippen LogP) is 0.482. The van der Waals surface area contributed by atoms with E-state index in [-0.39, 0.29) is 12.4 Å². The molecule has 0 radical (unpaired) electrons. The molecule has 0 heterocycles. The van der Waals surface area contributed by atoms with Gasteiger partial charge in [-0.15, -0.1) is 0 Å². The van der Waals surface area contributed by atoms with Gasteiger partial charge in [-0.3, -0.25) is 0 Å². The van der Waals surface area contributed by atoms with E-state index in [9.17, 15) is 8.42 Å². The molecule has 4 nitrogen and oxygen atoms in total. The highest BCUT2D eigenvalue weighted by Gasteiger charge is 2.00. The van der Waals surface area contributed by atoms with E-state index in [0.717, 1.165) is 19.3 Å². The van der Waals surface area contributed by atoms with Crippen LogP contribution in [-0.4, -0.2) is 27.4 Å². The number of rotatable bonds is 7. The first-order chi connectivity index (χ1) is 5.56. The zero-order chi connectivity index (χ0) is 9.45. The third-order valence-corrected chi connectivity index (χ3v) is 2.14. The number of nitrogens with two attached hydrogens (primary N) is 1. The molecule has 0 aromatic heterocycles. The molecule has 12 heavy (non-hydrogen) atoms. The standard InChI is InChI=1S/C7H17NO3S/c1-2-3-4-5-11-6-7-12(8,9)10/h2-7H2,1H3,(H2,8,9,10). The molecule has 0 aromatic rings. The highest BCUT2D eigenvalue weighted by Crippen LogP contribution is 1.93. The van der Waals surface area contributed by atoms with Crippen molar-refractivity contribution in [3.63, 3.8) is 0 Å². The molecule has 0 aliphatic rings. The summed E-state index contributed by atoms with van der Waals surface area (Å²) in [5.74, 6) is -0.0842. The van der Waals surface area contributed by atoms with E-state index in [1.807, 2.05) is 0 Å². The molecule has 0 saturated heterocycles. The quantitative estimate of drug-likeness (QED) is 0.601. The first kappa shape index (κ1) is 11.9. The molecule has 0 aliphatic carbocycles. The maximum Gasteiger partial charge on any atom is 0.211 e. The summed E-state index contributed by atoms with van der Waals surface area (Å²) in [6, 6.07) is 0. The van der Waals surface area contributed by atoms with Gasteiger partial charge in [0.15, 0.2) is 0 Å². The molecule has 0 saturated carbocycles. The van der Waals surface area contributed by atoms with Crippen LogP contribution >= 0.6 is 0 Å². The lowest BCUT2D eigenvalue weighted by Gasteiger charge is -2.01. The lowest BCUT2D eigenvalue weighted by atomic mass is 10.3. The van der Waals surface area contributed by atoms with Crippen molar-refractivity contribution in [2.75, 3.05) is 19.0 Å². The molecule has 0 aromatic carbocycles. The molecule has 0 fully saturated rings. The fourth-order valence-corrected chi connectivity index (χ4v) is 1.08. The third kappa shape index (κ3) is 9.87. The lowest BCUT2D eigenvalue weighted by Crippen LogP contribution is -2.20. The average molecular weight is 195 g/mol. The van der Waals surface area contributed by atoms with Crippen molar-refractivity contribution in [2.24, 2.45) is 5.14 Å². The van der Waals surface area contributed by atoms with E-state index in [0.29, 0.717) is 6.61 Å². The van der Waals surface area contributed by atoms with Crippen LogP contribution < -0.4 is 5.14 Å². The van der Waals surface area contributed by atoms with E-state index in [1.165, 1.54) is 0 Å². The van der Waals surface area contributed by atoms with Crippen molar-refractivity contribution in [2.45, 2.75) is 26.2 Å². The van der Waals surface area contributed by atoms with Gasteiger partial charge in [0, 0.05) is 6.61 Å². The Kier molecular flexibility index (Phi) is 6.32. The third-order valence-electron chi connectivity index (χ3n) is 1.40. The first-order valence-corrected chi connectivity index (χ1v) is 5.86. The van der Waals surface area contributed by atoms with Gasteiger partial charge in [0.25, 0.3) is 0 Å². The smallest absolute Gasteiger partial charge is 0.211 e. The molecular formula is C7H17NO3S. The Labute approximate surface area is 74.1 Å². The Morgan fingerprint density at radius 1 is 1.25 bits per heavy atom. The topological polar surface area (TPSA) is 69.4 Å². The van der Waals surface area contributed by atoms with E-state index in [1.54, 1.807) is 0 Å². The minimum Gasteiger partial charge on any atom is -0.380 e. The van der Waals surface area contributed by atoms with E-state index < -0.39 is 10.0 Å². The summed E-state index contributed by atoms with van der Waals surface area (Å²) < 4.78 is 25.9. The molecule has 74 valence electrons. The van der Waals surface area contributed by atoms with Gasteiger partial charge in [-0.25, -0.2) is 13.6 Å². The summed E-state index contributed by atoms with van der Waals surface area (Å²) in [5.41, 5.74) is 0. The van der Waals surface area contributed by atoms with Crippen LogP contribution in [0, 0.1) is 0 Å². The minimum absolute atomic E-state index is 0.0842. The summed E-state index contributed by atoms with van der Waals surface area (Å²) in [7, 11) is -3.34. The molecule has 2 N–H and O–H groups in total. The Morgan fingerprint density at radius 2 is 1.92 bits per heavy atom. The first-order valence-electron chi connectivity index (χ1n) is 4.14. The zero-order valence-corrected chi connectivity index (χ0v) is 8.27. The van der Waals surface area contributed by atoms with Crippen molar-refractivity contribution < 1.29 is 13.2 Å². The zero-order valence-electron chi connectivity index (χ0n) is 7.45. The van der Waals surface area contributed by atoms with Crippen LogP contribution in [0.15, 0.2) is 0 Å². The molecule has 0 aliphatic heterocycles. The van der Waals surface area contributed by atoms with Crippen molar-refractivity contribution in [1.82, 2.24) is 0 Å². The second-order valence-corrected chi connectivity index (χ2v) is 4.42. The van der Waals surface area contributed by atoms with Crippen LogP contribution in [0.2, 0.25) is 0 Å². The molecule has 0 spiro atoms. The van der Waals surface area contributed by atoms with Crippen LogP contribution in [0.5, 0.6) is 0 Å². The maximum absolute atomic E-state index is 10.4. The summed E-state index contributed by atoms with van der Waals surface area (Å²) >= 11 is 0. The molecule has 0 unspecified atom stereocenters. The molecule has 0 rings (SSSR count). The van der Waals surface area contributed by atoms with Crippen LogP contribution in [0.4, 0.5) is 0 Å². The monoisotopic (exact) mass is 195 g/mol. The van der Waals surface area contributed by atoms with Crippen LogP contribution in [0.1, 0.15) is 26.2 Å². The summed E-state index contributed by atoms with van der Waals surface area (Å²) in [5, 5.41) is 4.77. The maximum atomic E-state index is 10.4. The van der Waals surface area contributed by atoms with Gasteiger partial charge in [0.1, 0.15) is 0 Å². The van der Waals surface area contributed by atoms with Gasteiger partial charge < -0.3 is 4.74 Å². The van der Waals surface area contributed by atoms with Gasteiger partial charge in [0.05, 0.1) is 12.4 Å². The number of hydrogen-bond acceptors (Lipinski definition) is 3. The fourth-order valence-electron chi connectivity index (χ4n) is 0.731. The Morgan fingerprint density at radius 3 is 2.42 bits per heavy atom. The molecular weight excluding hydrogens is 178 g/mol. The Balaban J connectivity index is 3.12. The van der Waals surface area contributed by atoms with Crippen molar-refractivity contribution in [3.8, 4) is 0 Å². The fraction of sp³-hybridized carbons (Fsp3) is 1.00. The summed E-state index contributed by atoms with van der Waals surface area (Å²) in [6.45, 7) is 2.94. The van der Waals surface area contributed by atoms with E-state index in [2.05, 4.69) is 6.92 Å². The van der Waals surface area contributed by atoms with Crippen molar-refractivity contribution in [3.05, 3.63) is 0 Å². The van der Waals surface area contributed by atoms with E-state index >= 15 is 0 Å². The molecule has 5 heteroatoms. The largest absolute Gasteiger partial charge is 0.380 e. The second-order valence-electron chi connectivity index (χ2n) is 2.69. The number of sulfonamides is 1. The van der Waals surface area contributed by atoms with Crippen LogP contribution in [0.25, 0.3) is 0 Å². The number of unbranched alkanes of at least 4 members (excludes halogenated alkanes) is 2. The molecule has 0 atom stereocenters. The average Bonchev–Trinajstić information content (AvgIpc) is 1.94. The Hall–Kier alpha value is -0.130. The van der Waals surface area contributed by atoms with Gasteiger partial charge in [-0.05, 0) is 6.42 Å². The van der Waals surface area contributed by atoms with Crippen LogP contribution in [-0.2, 0) is 14.8 Å². The summed E-state index contributed by atoms with van der Waals surface area (Å²) in [4.78, 5) is 0. The van der Waals surface area contributed by atoms with Gasteiger partial charge >= 0.3 is 0 Å². The second kappa shape index (κ2) is 6.39. The molecule has 0 amide bonds. The van der Waals surface area contributed by atoms with E-state index in [4.69, 9.17) is 9.88 Å². The number of hydrogen-bond donors (Lipinski definition) is 1. The van der Waals surface area contributed by atoms with Crippen molar-refractivity contribution >= 4 is 10.0 Å². The summed E-state index contributed by atoms with van der Waals surface area (Å²) in [6.07, 6.45) is 3.25. The van der Waals surface area contributed by atoms with Gasteiger partial charge in [0.2, 0.25) is 10.0 Å².